The van der Waals surface area contributed by atoms with Crippen LogP contribution in [0.3, 0.4) is 0 Å². The normalized spacial score (nSPS) is 18.7. The second-order valence-corrected chi connectivity index (χ2v) is 6.06. The molecular weight excluding hydrogens is 543 g/mol. The molecule has 0 aliphatic carbocycles. The van der Waals surface area contributed by atoms with E-state index in [1.54, 1.807) is 0 Å². The quantitative estimate of drug-likeness (QED) is 0.286. The maximum Gasteiger partial charge on any atom is 0.457 e. The van der Waals surface area contributed by atoms with Crippen LogP contribution in [-0.2, 0) is 0 Å². The summed E-state index contributed by atoms with van der Waals surface area (Å²) in [6.07, 6.45) is -23.3. The summed E-state index contributed by atoms with van der Waals surface area (Å²) in [5, 5.41) is 8.52. The average Bonchev–Trinajstić information content (AvgIpc) is 2.32. The first-order valence-corrected chi connectivity index (χ1v) is 6.27. The van der Waals surface area contributed by atoms with Crippen molar-refractivity contribution in [1.82, 2.24) is 0 Å². The van der Waals surface area contributed by atoms with E-state index in [-0.39, 0.29) is 0 Å². The second kappa shape index (κ2) is 6.03. The first kappa shape index (κ1) is 25.6. The van der Waals surface area contributed by atoms with Crippen LogP contribution in [0.15, 0.2) is 0 Å². The minimum atomic E-state index is -8.36. The molecule has 0 amide bonds. The van der Waals surface area contributed by atoms with Crippen molar-refractivity contribution in [3.63, 3.8) is 0 Å². The van der Waals surface area contributed by atoms with Crippen molar-refractivity contribution in [2.45, 2.75) is 45.6 Å². The van der Waals surface area contributed by atoms with Gasteiger partial charge in [0.15, 0.2) is 0 Å². The third kappa shape index (κ3) is 3.07. The van der Waals surface area contributed by atoms with Crippen LogP contribution in [0.4, 0.5) is 70.2 Å². The number of rotatable bonds is 4. The van der Waals surface area contributed by atoms with E-state index in [1.165, 1.54) is 0 Å². The summed E-state index contributed by atoms with van der Waals surface area (Å²) in [6.45, 7) is 0. The van der Waals surface area contributed by atoms with Gasteiger partial charge in [-0.15, -0.1) is 0 Å². The summed E-state index contributed by atoms with van der Waals surface area (Å²) >= 11 is -1.24. The van der Waals surface area contributed by atoms with E-state index in [1.807, 2.05) is 0 Å². The molecule has 0 aliphatic rings. The van der Waals surface area contributed by atoms with E-state index in [0.29, 0.717) is 0 Å². The molecule has 0 spiro atoms. The monoisotopic (exact) mass is 544 g/mol. The minimum Gasteiger partial charge on any atom is -0.369 e. The van der Waals surface area contributed by atoms with Gasteiger partial charge in [-0.3, -0.25) is 0 Å². The summed E-state index contributed by atoms with van der Waals surface area (Å²) in [7, 11) is 0. The fraction of sp³-hybridized carbons (Fsp3) is 1.00. The molecule has 18 heteroatoms. The molecule has 26 heavy (non-hydrogen) atoms. The minimum absolute atomic E-state index is 1.24. The number of hydrogen-bond acceptors (Lipinski definition) is 1. The Morgan fingerprint density at radius 2 is 0.692 bits per heavy atom. The highest BCUT2D eigenvalue weighted by Crippen LogP contribution is 2.65. The Morgan fingerprint density at radius 1 is 0.423 bits per heavy atom. The third-order valence-corrected chi connectivity index (χ3v) is 4.15. The fourth-order valence-corrected chi connectivity index (χ4v) is 1.97. The highest BCUT2D eigenvalue weighted by atomic mass is 127. The van der Waals surface area contributed by atoms with Crippen molar-refractivity contribution in [3.8, 4) is 0 Å². The molecule has 0 radical (unpaired) electrons. The Morgan fingerprint density at radius 3 is 0.885 bits per heavy atom. The molecule has 0 aliphatic heterocycles. The van der Waals surface area contributed by atoms with Crippen LogP contribution in [-0.4, -0.2) is 50.7 Å². The van der Waals surface area contributed by atoms with Crippen LogP contribution in [0.1, 0.15) is 0 Å². The van der Waals surface area contributed by atoms with Crippen LogP contribution in [0.5, 0.6) is 0 Å². The maximum atomic E-state index is 13.3. The van der Waals surface area contributed by atoms with Crippen LogP contribution in [0.2, 0.25) is 0 Å². The average molecular weight is 544 g/mol. The highest BCUT2D eigenvalue weighted by molar-refractivity contribution is 14.1. The van der Waals surface area contributed by atoms with E-state index in [4.69, 9.17) is 5.11 Å². The summed E-state index contributed by atoms with van der Waals surface area (Å²) < 4.78 is 194. The van der Waals surface area contributed by atoms with Crippen molar-refractivity contribution in [2.75, 3.05) is 0 Å². The zero-order chi connectivity index (χ0) is 22.0. The zero-order valence-corrected chi connectivity index (χ0v) is 13.0. The van der Waals surface area contributed by atoms with Gasteiger partial charge in [0.1, 0.15) is 0 Å². The molecule has 0 saturated carbocycles. The predicted octanol–water partition coefficient (Wildman–Crippen LogP) is 5.41. The van der Waals surface area contributed by atoms with Crippen molar-refractivity contribution in [3.05, 3.63) is 0 Å². The Hall–Kier alpha value is -0.430. The predicted molar refractivity (Wildman–Crippen MR) is 55.8 cm³/mol. The van der Waals surface area contributed by atoms with Gasteiger partial charge in [0.25, 0.3) is 3.61 Å². The van der Waals surface area contributed by atoms with Gasteiger partial charge in [0.05, 0.1) is 0 Å². The number of alkyl halides is 17. The molecule has 0 aromatic carbocycles. The van der Waals surface area contributed by atoms with Gasteiger partial charge in [0, 0.05) is 0 Å². The molecule has 0 heterocycles. The van der Waals surface area contributed by atoms with E-state index in [9.17, 15) is 70.2 Å². The maximum absolute atomic E-state index is 13.3. The molecule has 0 bridgehead atoms. The van der Waals surface area contributed by atoms with E-state index in [0.717, 1.165) is 0 Å². The lowest BCUT2D eigenvalue weighted by atomic mass is 9.86. The first-order valence-electron chi connectivity index (χ1n) is 5.19. The SMILES string of the molecule is OC(I)(C(F)(F)C(F)(F)F)C(F)(F)C(F)(F)C(F)(C(F)(F)F)C(F)(F)F. The number of aliphatic hydroxyl groups is 1. The standard InChI is InChI=1S/C8HF16IO/c9-1(6(16,17)18,7(19,20)21)2(10,11)3(12,13)5(25,26)4(14,15)8(22,23)24/h26H. The van der Waals surface area contributed by atoms with Gasteiger partial charge in [-0.1, -0.05) is 0 Å². The fourth-order valence-electron chi connectivity index (χ4n) is 1.33. The summed E-state index contributed by atoms with van der Waals surface area (Å²) in [6, 6.07) is 0. The number of halogens is 17. The molecule has 1 unspecified atom stereocenters. The lowest BCUT2D eigenvalue weighted by Crippen LogP contribution is -2.77. The zero-order valence-electron chi connectivity index (χ0n) is 10.9. The molecule has 1 N–H and O–H groups in total. The molecule has 0 fully saturated rings. The van der Waals surface area contributed by atoms with Crippen LogP contribution < -0.4 is 0 Å². The topological polar surface area (TPSA) is 20.2 Å². The van der Waals surface area contributed by atoms with Crippen molar-refractivity contribution in [2.24, 2.45) is 0 Å². The van der Waals surface area contributed by atoms with Gasteiger partial charge in [0.2, 0.25) is 0 Å². The molecule has 158 valence electrons. The molecule has 0 saturated heterocycles. The van der Waals surface area contributed by atoms with Gasteiger partial charge < -0.3 is 5.11 Å². The van der Waals surface area contributed by atoms with Crippen molar-refractivity contribution < 1.29 is 75.4 Å². The lowest BCUT2D eigenvalue weighted by Gasteiger charge is -2.45. The third-order valence-electron chi connectivity index (χ3n) is 2.80. The van der Waals surface area contributed by atoms with Gasteiger partial charge in [-0.2, -0.15) is 65.9 Å². The molecule has 1 atom stereocenters. The molecule has 0 aromatic rings. The van der Waals surface area contributed by atoms with E-state index in [2.05, 4.69) is 0 Å². The van der Waals surface area contributed by atoms with E-state index < -0.39 is 68.2 Å². The largest absolute Gasteiger partial charge is 0.457 e. The second-order valence-electron chi connectivity index (χ2n) is 4.50. The molecular formula is C8HF16IO. The Balaban J connectivity index is 6.86. The van der Waals surface area contributed by atoms with Crippen molar-refractivity contribution >= 4 is 22.6 Å². The van der Waals surface area contributed by atoms with Crippen LogP contribution in [0, 0.1) is 0 Å². The Kier molecular flexibility index (Phi) is 5.93. The van der Waals surface area contributed by atoms with E-state index >= 15 is 0 Å². The number of hydrogen-bond donors (Lipinski definition) is 1. The lowest BCUT2D eigenvalue weighted by molar-refractivity contribution is -0.448. The van der Waals surface area contributed by atoms with Gasteiger partial charge in [-0.25, -0.2) is 4.39 Å². The molecule has 0 rings (SSSR count). The molecule has 1 nitrogen and oxygen atoms in total. The summed E-state index contributed by atoms with van der Waals surface area (Å²) in [4.78, 5) is 0. The van der Waals surface area contributed by atoms with Crippen LogP contribution >= 0.6 is 22.6 Å². The Bertz CT molecular complexity index is 510. The summed E-state index contributed by atoms with van der Waals surface area (Å²) in [5.41, 5.74) is -8.29. The van der Waals surface area contributed by atoms with Crippen molar-refractivity contribution in [1.29, 1.82) is 0 Å². The first-order chi connectivity index (χ1) is 10.8. The highest BCUT2D eigenvalue weighted by Gasteiger charge is 2.95. The summed E-state index contributed by atoms with van der Waals surface area (Å²) in [5.74, 6) is -23.7. The molecule has 0 aromatic heterocycles. The van der Waals surface area contributed by atoms with Crippen LogP contribution in [0.25, 0.3) is 0 Å². The Labute approximate surface area is 144 Å². The van der Waals surface area contributed by atoms with Gasteiger partial charge in [-0.05, 0) is 22.6 Å². The smallest absolute Gasteiger partial charge is 0.369 e. The van der Waals surface area contributed by atoms with Gasteiger partial charge >= 0.3 is 42.0 Å².